The zero-order chi connectivity index (χ0) is 10.7. The van der Waals surface area contributed by atoms with Crippen LogP contribution in [0, 0.1) is 0 Å². The summed E-state index contributed by atoms with van der Waals surface area (Å²) in [6, 6.07) is 7.93. The summed E-state index contributed by atoms with van der Waals surface area (Å²) in [5.74, 6) is 0. The smallest absolute Gasteiger partial charge is 0.117 e. The summed E-state index contributed by atoms with van der Waals surface area (Å²) in [4.78, 5) is 0. The molecule has 0 spiro atoms. The Bertz CT molecular complexity index is 317. The van der Waals surface area contributed by atoms with Crippen molar-refractivity contribution in [2.75, 3.05) is 13.1 Å². The van der Waals surface area contributed by atoms with E-state index in [1.165, 1.54) is 0 Å². The van der Waals surface area contributed by atoms with E-state index in [2.05, 4.69) is 21.2 Å². The van der Waals surface area contributed by atoms with E-state index >= 15 is 0 Å². The van der Waals surface area contributed by atoms with Gasteiger partial charge in [-0.2, -0.15) is 0 Å². The van der Waals surface area contributed by atoms with Gasteiger partial charge in [0.05, 0.1) is 0 Å². The standard InChI is InChI=1S/C12H15BrFN/c13-11-3-1-10(2-4-11)9-12(14)5-7-15-8-6-12/h1-4,15H,5-9H2. The zero-order valence-corrected chi connectivity index (χ0v) is 10.2. The van der Waals surface area contributed by atoms with Crippen molar-refractivity contribution in [3.8, 4) is 0 Å². The van der Waals surface area contributed by atoms with E-state index < -0.39 is 5.67 Å². The number of hydrogen-bond donors (Lipinski definition) is 1. The van der Waals surface area contributed by atoms with Crippen LogP contribution in [0.2, 0.25) is 0 Å². The number of alkyl halides is 1. The van der Waals surface area contributed by atoms with Crippen LogP contribution in [0.3, 0.4) is 0 Å². The molecule has 15 heavy (non-hydrogen) atoms. The number of hydrogen-bond acceptors (Lipinski definition) is 1. The molecule has 1 heterocycles. The van der Waals surface area contributed by atoms with Crippen molar-refractivity contribution in [2.45, 2.75) is 24.9 Å². The van der Waals surface area contributed by atoms with Gasteiger partial charge in [0, 0.05) is 10.9 Å². The molecule has 1 fully saturated rings. The summed E-state index contributed by atoms with van der Waals surface area (Å²) in [7, 11) is 0. The summed E-state index contributed by atoms with van der Waals surface area (Å²) >= 11 is 3.38. The van der Waals surface area contributed by atoms with Crippen LogP contribution >= 0.6 is 15.9 Å². The molecule has 1 aliphatic rings. The second-order valence-corrected chi connectivity index (χ2v) is 5.12. The van der Waals surface area contributed by atoms with Gasteiger partial charge in [-0.3, -0.25) is 0 Å². The van der Waals surface area contributed by atoms with Gasteiger partial charge in [0.15, 0.2) is 0 Å². The molecule has 0 aromatic heterocycles. The molecule has 0 aliphatic carbocycles. The van der Waals surface area contributed by atoms with E-state index in [1.54, 1.807) is 0 Å². The van der Waals surface area contributed by atoms with Gasteiger partial charge in [0.25, 0.3) is 0 Å². The summed E-state index contributed by atoms with van der Waals surface area (Å²) in [5.41, 5.74) is 0.0848. The van der Waals surface area contributed by atoms with Crippen LogP contribution in [0.25, 0.3) is 0 Å². The fraction of sp³-hybridized carbons (Fsp3) is 0.500. The molecule has 1 aromatic rings. The van der Waals surface area contributed by atoms with Crippen molar-refractivity contribution in [2.24, 2.45) is 0 Å². The van der Waals surface area contributed by atoms with Gasteiger partial charge in [0.2, 0.25) is 0 Å². The number of halogens is 2. The van der Waals surface area contributed by atoms with Gasteiger partial charge in [-0.1, -0.05) is 28.1 Å². The Labute approximate surface area is 98.2 Å². The lowest BCUT2D eigenvalue weighted by Crippen LogP contribution is -2.40. The van der Waals surface area contributed by atoms with Gasteiger partial charge in [-0.25, -0.2) is 4.39 Å². The van der Waals surface area contributed by atoms with Crippen molar-refractivity contribution in [3.05, 3.63) is 34.3 Å². The third kappa shape index (κ3) is 3.02. The second kappa shape index (κ2) is 4.62. The zero-order valence-electron chi connectivity index (χ0n) is 8.60. The lowest BCUT2D eigenvalue weighted by atomic mass is 9.88. The van der Waals surface area contributed by atoms with Crippen molar-refractivity contribution in [1.29, 1.82) is 0 Å². The number of rotatable bonds is 2. The van der Waals surface area contributed by atoms with Crippen LogP contribution in [0.4, 0.5) is 4.39 Å². The average molecular weight is 272 g/mol. The van der Waals surface area contributed by atoms with Crippen molar-refractivity contribution < 1.29 is 4.39 Å². The first-order valence-corrected chi connectivity index (χ1v) is 6.11. The molecule has 0 unspecified atom stereocenters. The molecule has 0 radical (unpaired) electrons. The third-order valence-corrected chi connectivity index (χ3v) is 3.46. The SMILES string of the molecule is FC1(Cc2ccc(Br)cc2)CCNCC1. The highest BCUT2D eigenvalue weighted by atomic mass is 79.9. The van der Waals surface area contributed by atoms with Crippen LogP contribution in [0.5, 0.6) is 0 Å². The Morgan fingerprint density at radius 2 is 1.80 bits per heavy atom. The molecular weight excluding hydrogens is 257 g/mol. The largest absolute Gasteiger partial charge is 0.316 e. The molecule has 1 N–H and O–H groups in total. The number of piperidine rings is 1. The molecule has 1 aromatic carbocycles. The molecular formula is C12H15BrFN. The molecule has 1 saturated heterocycles. The van der Waals surface area contributed by atoms with Crippen molar-refractivity contribution >= 4 is 15.9 Å². The normalized spacial score (nSPS) is 20.1. The quantitative estimate of drug-likeness (QED) is 0.872. The highest BCUT2D eigenvalue weighted by Crippen LogP contribution is 2.28. The van der Waals surface area contributed by atoms with Crippen LogP contribution < -0.4 is 5.32 Å². The average Bonchev–Trinajstić information content (AvgIpc) is 2.22. The van der Waals surface area contributed by atoms with E-state index in [1.807, 2.05) is 24.3 Å². The fourth-order valence-electron chi connectivity index (χ4n) is 2.02. The summed E-state index contributed by atoms with van der Waals surface area (Å²) in [5, 5.41) is 3.19. The second-order valence-electron chi connectivity index (χ2n) is 4.20. The van der Waals surface area contributed by atoms with E-state index in [4.69, 9.17) is 0 Å². The van der Waals surface area contributed by atoms with E-state index in [9.17, 15) is 4.39 Å². The number of benzene rings is 1. The summed E-state index contributed by atoms with van der Waals surface area (Å²) in [6.45, 7) is 1.60. The van der Waals surface area contributed by atoms with Crippen molar-refractivity contribution in [3.63, 3.8) is 0 Å². The maximum Gasteiger partial charge on any atom is 0.117 e. The predicted molar refractivity (Wildman–Crippen MR) is 63.8 cm³/mol. The van der Waals surface area contributed by atoms with Crippen LogP contribution in [-0.2, 0) is 6.42 Å². The van der Waals surface area contributed by atoms with Gasteiger partial charge in [-0.05, 0) is 43.6 Å². The van der Waals surface area contributed by atoms with E-state index in [0.717, 1.165) is 23.1 Å². The van der Waals surface area contributed by atoms with Crippen LogP contribution in [-0.4, -0.2) is 18.8 Å². The maximum absolute atomic E-state index is 14.3. The lowest BCUT2D eigenvalue weighted by Gasteiger charge is -2.30. The maximum atomic E-state index is 14.3. The van der Waals surface area contributed by atoms with Gasteiger partial charge < -0.3 is 5.32 Å². The molecule has 82 valence electrons. The highest BCUT2D eigenvalue weighted by molar-refractivity contribution is 9.10. The Balaban J connectivity index is 2.03. The minimum atomic E-state index is -1.00. The molecule has 1 nitrogen and oxygen atoms in total. The Morgan fingerprint density at radius 1 is 1.20 bits per heavy atom. The molecule has 3 heteroatoms. The first-order valence-electron chi connectivity index (χ1n) is 5.32. The minimum Gasteiger partial charge on any atom is -0.316 e. The molecule has 0 atom stereocenters. The molecule has 2 rings (SSSR count). The lowest BCUT2D eigenvalue weighted by molar-refractivity contribution is 0.116. The van der Waals surface area contributed by atoms with Crippen LogP contribution in [0.15, 0.2) is 28.7 Å². The van der Waals surface area contributed by atoms with Gasteiger partial charge in [0.1, 0.15) is 5.67 Å². The molecule has 0 amide bonds. The highest BCUT2D eigenvalue weighted by Gasteiger charge is 2.31. The Kier molecular flexibility index (Phi) is 3.42. The molecule has 1 aliphatic heterocycles. The topological polar surface area (TPSA) is 12.0 Å². The third-order valence-electron chi connectivity index (χ3n) is 2.93. The Morgan fingerprint density at radius 3 is 2.40 bits per heavy atom. The number of nitrogens with one attached hydrogen (secondary N) is 1. The van der Waals surface area contributed by atoms with E-state index in [0.29, 0.717) is 19.3 Å². The minimum absolute atomic E-state index is 0.544. The van der Waals surface area contributed by atoms with Gasteiger partial charge in [-0.15, -0.1) is 0 Å². The fourth-order valence-corrected chi connectivity index (χ4v) is 2.28. The monoisotopic (exact) mass is 271 g/mol. The molecule has 0 bridgehead atoms. The summed E-state index contributed by atoms with van der Waals surface area (Å²) in [6.07, 6.45) is 1.80. The predicted octanol–water partition coefficient (Wildman–Crippen LogP) is 3.08. The first kappa shape index (κ1) is 11.1. The van der Waals surface area contributed by atoms with E-state index in [-0.39, 0.29) is 0 Å². The summed E-state index contributed by atoms with van der Waals surface area (Å²) < 4.78 is 15.4. The Hall–Kier alpha value is -0.410. The first-order chi connectivity index (χ1) is 7.18. The molecule has 0 saturated carbocycles. The van der Waals surface area contributed by atoms with Gasteiger partial charge >= 0.3 is 0 Å². The van der Waals surface area contributed by atoms with Crippen LogP contribution in [0.1, 0.15) is 18.4 Å². The van der Waals surface area contributed by atoms with Crippen molar-refractivity contribution in [1.82, 2.24) is 5.32 Å².